The van der Waals surface area contributed by atoms with E-state index in [1.165, 1.54) is 33.5 Å². The van der Waals surface area contributed by atoms with Gasteiger partial charge in [-0.3, -0.25) is 4.79 Å². The summed E-state index contributed by atoms with van der Waals surface area (Å²) in [5.41, 5.74) is 1.50. The van der Waals surface area contributed by atoms with Gasteiger partial charge in [-0.05, 0) is 43.6 Å². The van der Waals surface area contributed by atoms with E-state index in [0.29, 0.717) is 11.8 Å². The fraction of sp³-hybridized carbons (Fsp3) is 0.667. The number of rotatable bonds is 3. The quantitative estimate of drug-likeness (QED) is 0.813. The van der Waals surface area contributed by atoms with Crippen molar-refractivity contribution in [3.8, 4) is 0 Å². The number of carbonyl (C=O) groups is 1. The summed E-state index contributed by atoms with van der Waals surface area (Å²) in [6.07, 6.45) is 6.63. The van der Waals surface area contributed by atoms with E-state index in [-0.39, 0.29) is 0 Å². The highest BCUT2D eigenvalue weighted by Crippen LogP contribution is 2.41. The highest BCUT2D eigenvalue weighted by Gasteiger charge is 2.35. The molecular weight excluding hydrogens is 356 g/mol. The Hall–Kier alpha value is -1.69. The van der Waals surface area contributed by atoms with E-state index in [0.717, 1.165) is 69.4 Å². The molecule has 2 fully saturated rings. The average Bonchev–Trinajstić information content (AvgIpc) is 3.47. The molecular formula is C21H28N4OS. The number of aromatic nitrogens is 2. The summed E-state index contributed by atoms with van der Waals surface area (Å²) in [6.45, 7) is 7.90. The van der Waals surface area contributed by atoms with E-state index in [1.54, 1.807) is 0 Å². The van der Waals surface area contributed by atoms with E-state index in [2.05, 4.69) is 23.6 Å². The van der Waals surface area contributed by atoms with Crippen molar-refractivity contribution < 1.29 is 4.79 Å². The predicted octanol–water partition coefficient (Wildman–Crippen LogP) is 3.44. The third-order valence-electron chi connectivity index (χ3n) is 6.32. The van der Waals surface area contributed by atoms with Crippen molar-refractivity contribution >= 4 is 33.3 Å². The second kappa shape index (κ2) is 6.73. The van der Waals surface area contributed by atoms with Crippen molar-refractivity contribution in [2.45, 2.75) is 52.4 Å². The van der Waals surface area contributed by atoms with Crippen LogP contribution in [0.5, 0.6) is 0 Å². The molecule has 6 heteroatoms. The summed E-state index contributed by atoms with van der Waals surface area (Å²) in [6, 6.07) is 0. The lowest BCUT2D eigenvalue weighted by atomic mass is 9.89. The number of thiophene rings is 1. The first-order valence-electron chi connectivity index (χ1n) is 10.5. The summed E-state index contributed by atoms with van der Waals surface area (Å²) in [5, 5.41) is 1.31. The molecule has 2 aromatic rings. The van der Waals surface area contributed by atoms with Gasteiger partial charge in [0, 0.05) is 43.4 Å². The fourth-order valence-electron chi connectivity index (χ4n) is 4.48. The molecule has 27 heavy (non-hydrogen) atoms. The zero-order valence-corrected chi connectivity index (χ0v) is 17.1. The maximum absolute atomic E-state index is 12.4. The van der Waals surface area contributed by atoms with Crippen LogP contribution in [0.25, 0.3) is 10.2 Å². The van der Waals surface area contributed by atoms with E-state index in [4.69, 9.17) is 9.97 Å². The zero-order valence-electron chi connectivity index (χ0n) is 16.3. The molecule has 5 rings (SSSR count). The number of hydrogen-bond acceptors (Lipinski definition) is 5. The first kappa shape index (κ1) is 17.4. The van der Waals surface area contributed by atoms with Crippen molar-refractivity contribution in [3.63, 3.8) is 0 Å². The molecule has 2 aliphatic carbocycles. The van der Waals surface area contributed by atoms with Gasteiger partial charge in [-0.15, -0.1) is 11.3 Å². The van der Waals surface area contributed by atoms with Gasteiger partial charge in [0.1, 0.15) is 16.5 Å². The molecule has 0 bridgehead atoms. The Morgan fingerprint density at radius 2 is 1.93 bits per heavy atom. The van der Waals surface area contributed by atoms with Crippen LogP contribution in [-0.4, -0.2) is 47.0 Å². The van der Waals surface area contributed by atoms with Gasteiger partial charge in [0.05, 0.1) is 5.39 Å². The normalized spacial score (nSPS) is 23.0. The van der Waals surface area contributed by atoms with Gasteiger partial charge < -0.3 is 9.80 Å². The first-order valence-corrected chi connectivity index (χ1v) is 11.3. The van der Waals surface area contributed by atoms with E-state index >= 15 is 0 Å². The number of piperazine rings is 1. The monoisotopic (exact) mass is 384 g/mol. The second-order valence-electron chi connectivity index (χ2n) is 8.44. The molecule has 0 radical (unpaired) electrons. The molecule has 5 nitrogen and oxygen atoms in total. The van der Waals surface area contributed by atoms with E-state index in [9.17, 15) is 4.79 Å². The Balaban J connectivity index is 1.48. The summed E-state index contributed by atoms with van der Waals surface area (Å²) >= 11 is 1.89. The molecule has 3 aliphatic rings. The van der Waals surface area contributed by atoms with Crippen molar-refractivity contribution in [1.82, 2.24) is 14.9 Å². The predicted molar refractivity (Wildman–Crippen MR) is 109 cm³/mol. The van der Waals surface area contributed by atoms with Crippen molar-refractivity contribution in [1.29, 1.82) is 0 Å². The number of aryl methyl sites for hydroxylation is 2. The molecule has 1 saturated carbocycles. The number of anilines is 1. The summed E-state index contributed by atoms with van der Waals surface area (Å²) in [5.74, 6) is 3.53. The minimum atomic E-state index is 0.319. The summed E-state index contributed by atoms with van der Waals surface area (Å²) < 4.78 is 0. The molecule has 0 N–H and O–H groups in total. The van der Waals surface area contributed by atoms with Crippen LogP contribution in [0, 0.1) is 11.8 Å². The van der Waals surface area contributed by atoms with Crippen LogP contribution in [-0.2, 0) is 24.1 Å². The summed E-state index contributed by atoms with van der Waals surface area (Å²) in [4.78, 5) is 29.4. The molecule has 0 aromatic carbocycles. The largest absolute Gasteiger partial charge is 0.352 e. The van der Waals surface area contributed by atoms with Gasteiger partial charge in [-0.25, -0.2) is 9.97 Å². The summed E-state index contributed by atoms with van der Waals surface area (Å²) in [7, 11) is 0. The smallest absolute Gasteiger partial charge is 0.225 e. The van der Waals surface area contributed by atoms with Gasteiger partial charge in [-0.2, -0.15) is 0 Å². The maximum Gasteiger partial charge on any atom is 0.225 e. The van der Waals surface area contributed by atoms with Gasteiger partial charge in [0.25, 0.3) is 0 Å². The molecule has 1 atom stereocenters. The molecule has 2 aromatic heterocycles. The van der Waals surface area contributed by atoms with Crippen LogP contribution in [0.15, 0.2) is 0 Å². The topological polar surface area (TPSA) is 49.3 Å². The Bertz CT molecular complexity index is 880. The van der Waals surface area contributed by atoms with Crippen LogP contribution in [0.2, 0.25) is 0 Å². The standard InChI is InChI=1S/C21H28N4OS/c1-3-17-22-19(24-8-10-25(11-9-24)21(26)14-5-6-14)18-15-7-4-13(2)12-16(15)27-20(18)23-17/h13-14H,3-12H2,1-2H3/t13-/m1/s1. The molecule has 0 unspecified atom stereocenters. The van der Waals surface area contributed by atoms with Gasteiger partial charge in [0.15, 0.2) is 0 Å². The lowest BCUT2D eigenvalue weighted by molar-refractivity contribution is -0.132. The number of carbonyl (C=O) groups excluding carboxylic acids is 1. The lowest BCUT2D eigenvalue weighted by Gasteiger charge is -2.36. The highest BCUT2D eigenvalue weighted by molar-refractivity contribution is 7.19. The lowest BCUT2D eigenvalue weighted by Crippen LogP contribution is -2.49. The van der Waals surface area contributed by atoms with Gasteiger partial charge in [0.2, 0.25) is 5.91 Å². The average molecular weight is 385 g/mol. The van der Waals surface area contributed by atoms with Gasteiger partial charge in [-0.1, -0.05) is 13.8 Å². The number of amides is 1. The van der Waals surface area contributed by atoms with Crippen LogP contribution in [0.4, 0.5) is 5.82 Å². The van der Waals surface area contributed by atoms with Crippen molar-refractivity contribution in [2.24, 2.45) is 11.8 Å². The molecule has 3 heterocycles. The minimum Gasteiger partial charge on any atom is -0.352 e. The van der Waals surface area contributed by atoms with E-state index in [1.807, 2.05) is 11.3 Å². The Kier molecular flexibility index (Phi) is 4.34. The Morgan fingerprint density at radius 3 is 2.63 bits per heavy atom. The molecule has 144 valence electrons. The third kappa shape index (κ3) is 3.12. The van der Waals surface area contributed by atoms with Crippen molar-refractivity contribution in [2.75, 3.05) is 31.1 Å². The van der Waals surface area contributed by atoms with Crippen LogP contribution in [0.1, 0.15) is 49.4 Å². The fourth-order valence-corrected chi connectivity index (χ4v) is 5.88. The molecule has 0 spiro atoms. The number of hydrogen-bond donors (Lipinski definition) is 0. The number of fused-ring (bicyclic) bond motifs is 3. The van der Waals surface area contributed by atoms with Crippen molar-refractivity contribution in [3.05, 3.63) is 16.3 Å². The minimum absolute atomic E-state index is 0.319. The first-order chi connectivity index (χ1) is 13.1. The molecule has 1 saturated heterocycles. The van der Waals surface area contributed by atoms with E-state index < -0.39 is 0 Å². The number of nitrogens with zero attached hydrogens (tertiary/aromatic N) is 4. The Morgan fingerprint density at radius 1 is 1.15 bits per heavy atom. The van der Waals surface area contributed by atoms with Crippen LogP contribution >= 0.6 is 11.3 Å². The SMILES string of the molecule is CCc1nc(N2CCN(C(=O)C3CC3)CC2)c2c3c(sc2n1)C[C@H](C)CC3. The third-order valence-corrected chi connectivity index (χ3v) is 7.46. The highest BCUT2D eigenvalue weighted by atomic mass is 32.1. The Labute approximate surface area is 164 Å². The second-order valence-corrected chi connectivity index (χ2v) is 9.52. The molecule has 1 aliphatic heterocycles. The van der Waals surface area contributed by atoms with Gasteiger partial charge >= 0.3 is 0 Å². The molecule has 1 amide bonds. The zero-order chi connectivity index (χ0) is 18.5. The van der Waals surface area contributed by atoms with Crippen LogP contribution < -0.4 is 4.90 Å². The van der Waals surface area contributed by atoms with Crippen LogP contribution in [0.3, 0.4) is 0 Å². The maximum atomic E-state index is 12.4.